The first kappa shape index (κ1) is 10.9. The molecule has 2 unspecified atom stereocenters. The van der Waals surface area contributed by atoms with Crippen molar-refractivity contribution in [3.8, 4) is 0 Å². The number of carbonyl (C=O) groups is 1. The lowest BCUT2D eigenvalue weighted by molar-refractivity contribution is -0.146. The Bertz CT molecular complexity index is 254. The van der Waals surface area contributed by atoms with Gasteiger partial charge in [0.05, 0.1) is 6.04 Å². The number of amides is 1. The number of nitrogens with one attached hydrogen (secondary N) is 1. The van der Waals surface area contributed by atoms with Crippen molar-refractivity contribution in [1.82, 2.24) is 15.1 Å². The highest BCUT2D eigenvalue weighted by molar-refractivity contribution is 5.82. The lowest BCUT2D eigenvalue weighted by atomic mass is 9.94. The molecule has 0 spiro atoms. The molecule has 2 heterocycles. The Kier molecular flexibility index (Phi) is 2.98. The molecule has 86 valence electrons. The molecular weight excluding hydrogens is 190 g/mol. The first-order valence-corrected chi connectivity index (χ1v) is 5.82. The zero-order chi connectivity index (χ0) is 11.0. The summed E-state index contributed by atoms with van der Waals surface area (Å²) in [6.07, 6.45) is 0. The fourth-order valence-electron chi connectivity index (χ4n) is 2.75. The summed E-state index contributed by atoms with van der Waals surface area (Å²) < 4.78 is 0. The van der Waals surface area contributed by atoms with Gasteiger partial charge in [-0.3, -0.25) is 9.69 Å². The van der Waals surface area contributed by atoms with Crippen LogP contribution in [0.5, 0.6) is 0 Å². The lowest BCUT2D eigenvalue weighted by Crippen LogP contribution is -2.67. The third kappa shape index (κ3) is 1.88. The minimum atomic E-state index is 0.0934. The zero-order valence-electron chi connectivity index (χ0n) is 9.86. The first-order valence-electron chi connectivity index (χ1n) is 5.82. The molecule has 2 aliphatic heterocycles. The summed E-state index contributed by atoms with van der Waals surface area (Å²) in [6.45, 7) is 8.18. The second-order valence-corrected chi connectivity index (χ2v) is 5.00. The molecule has 15 heavy (non-hydrogen) atoms. The van der Waals surface area contributed by atoms with Crippen molar-refractivity contribution in [2.45, 2.75) is 25.9 Å². The fourth-order valence-corrected chi connectivity index (χ4v) is 2.75. The summed E-state index contributed by atoms with van der Waals surface area (Å²) in [6, 6.07) is 0.602. The highest BCUT2D eigenvalue weighted by Crippen LogP contribution is 2.22. The van der Waals surface area contributed by atoms with Crippen molar-refractivity contribution in [3.05, 3.63) is 0 Å². The zero-order valence-corrected chi connectivity index (χ0v) is 9.86. The molecule has 2 aliphatic rings. The predicted octanol–water partition coefficient (Wildman–Crippen LogP) is -0.243. The SMILES string of the molecule is CC(C)C1C(=O)N(C)CC2CNCCN21. The van der Waals surface area contributed by atoms with Crippen molar-refractivity contribution < 1.29 is 4.79 Å². The Morgan fingerprint density at radius 3 is 2.87 bits per heavy atom. The van der Waals surface area contributed by atoms with E-state index in [0.717, 1.165) is 26.2 Å². The summed E-state index contributed by atoms with van der Waals surface area (Å²) in [7, 11) is 1.92. The Hall–Kier alpha value is -0.610. The maximum atomic E-state index is 12.1. The van der Waals surface area contributed by atoms with Crippen LogP contribution in [0, 0.1) is 5.92 Å². The van der Waals surface area contributed by atoms with Crippen molar-refractivity contribution in [1.29, 1.82) is 0 Å². The fraction of sp³-hybridized carbons (Fsp3) is 0.909. The molecule has 1 N–H and O–H groups in total. The smallest absolute Gasteiger partial charge is 0.240 e. The second kappa shape index (κ2) is 4.10. The molecule has 2 saturated heterocycles. The van der Waals surface area contributed by atoms with Crippen LogP contribution in [-0.2, 0) is 4.79 Å². The summed E-state index contributed by atoms with van der Waals surface area (Å²) in [5, 5.41) is 3.40. The molecule has 2 fully saturated rings. The minimum absolute atomic E-state index is 0.0934. The Morgan fingerprint density at radius 1 is 1.47 bits per heavy atom. The average molecular weight is 211 g/mol. The highest BCUT2D eigenvalue weighted by atomic mass is 16.2. The number of likely N-dealkylation sites (N-methyl/N-ethyl adjacent to an activating group) is 1. The summed E-state index contributed by atoms with van der Waals surface area (Å²) in [4.78, 5) is 16.4. The van der Waals surface area contributed by atoms with Crippen molar-refractivity contribution >= 4 is 5.91 Å². The van der Waals surface area contributed by atoms with Crippen LogP contribution in [0.4, 0.5) is 0 Å². The maximum Gasteiger partial charge on any atom is 0.240 e. The van der Waals surface area contributed by atoms with Gasteiger partial charge in [-0.2, -0.15) is 0 Å². The van der Waals surface area contributed by atoms with Crippen LogP contribution in [0.25, 0.3) is 0 Å². The Balaban J connectivity index is 2.19. The number of fused-ring (bicyclic) bond motifs is 1. The summed E-state index contributed by atoms with van der Waals surface area (Å²) in [5.74, 6) is 0.698. The maximum absolute atomic E-state index is 12.1. The van der Waals surface area contributed by atoms with Gasteiger partial charge >= 0.3 is 0 Å². The van der Waals surface area contributed by atoms with Crippen LogP contribution >= 0.6 is 0 Å². The molecule has 0 radical (unpaired) electrons. The van der Waals surface area contributed by atoms with E-state index in [9.17, 15) is 4.79 Å². The van der Waals surface area contributed by atoms with E-state index in [1.165, 1.54) is 0 Å². The number of carbonyl (C=O) groups excluding carboxylic acids is 1. The first-order chi connectivity index (χ1) is 7.11. The molecule has 0 bridgehead atoms. The molecule has 0 aliphatic carbocycles. The molecule has 0 saturated carbocycles. The van der Waals surface area contributed by atoms with Gasteiger partial charge in [0.25, 0.3) is 0 Å². The molecule has 0 aromatic rings. The highest BCUT2D eigenvalue weighted by Gasteiger charge is 2.41. The molecule has 4 nitrogen and oxygen atoms in total. The Labute approximate surface area is 91.6 Å². The quantitative estimate of drug-likeness (QED) is 0.650. The van der Waals surface area contributed by atoms with Gasteiger partial charge in [-0.1, -0.05) is 13.8 Å². The summed E-state index contributed by atoms with van der Waals surface area (Å²) >= 11 is 0. The van der Waals surface area contributed by atoms with Crippen LogP contribution in [0.3, 0.4) is 0 Å². The van der Waals surface area contributed by atoms with Crippen molar-refractivity contribution in [3.63, 3.8) is 0 Å². The van der Waals surface area contributed by atoms with E-state index in [4.69, 9.17) is 0 Å². The van der Waals surface area contributed by atoms with E-state index in [2.05, 4.69) is 24.1 Å². The van der Waals surface area contributed by atoms with E-state index in [1.807, 2.05) is 11.9 Å². The van der Waals surface area contributed by atoms with Crippen LogP contribution in [-0.4, -0.2) is 61.0 Å². The molecule has 4 heteroatoms. The second-order valence-electron chi connectivity index (χ2n) is 5.00. The number of hydrogen-bond acceptors (Lipinski definition) is 3. The van der Waals surface area contributed by atoms with Gasteiger partial charge in [0.1, 0.15) is 0 Å². The predicted molar refractivity (Wildman–Crippen MR) is 59.6 cm³/mol. The minimum Gasteiger partial charge on any atom is -0.343 e. The van der Waals surface area contributed by atoms with Crippen molar-refractivity contribution in [2.24, 2.45) is 5.92 Å². The van der Waals surface area contributed by atoms with Gasteiger partial charge in [0.2, 0.25) is 5.91 Å². The van der Waals surface area contributed by atoms with Crippen LogP contribution in [0.2, 0.25) is 0 Å². The molecule has 1 amide bonds. The average Bonchev–Trinajstić information content (AvgIpc) is 2.19. The van der Waals surface area contributed by atoms with E-state index in [0.29, 0.717) is 17.9 Å². The van der Waals surface area contributed by atoms with Gasteiger partial charge in [0.15, 0.2) is 0 Å². The molecule has 0 aromatic carbocycles. The van der Waals surface area contributed by atoms with Gasteiger partial charge in [-0.05, 0) is 5.92 Å². The molecule has 0 aromatic heterocycles. The topological polar surface area (TPSA) is 35.6 Å². The monoisotopic (exact) mass is 211 g/mol. The number of nitrogens with zero attached hydrogens (tertiary/aromatic N) is 2. The van der Waals surface area contributed by atoms with Gasteiger partial charge in [0, 0.05) is 39.3 Å². The molecule has 2 atom stereocenters. The van der Waals surface area contributed by atoms with Crippen LogP contribution in [0.1, 0.15) is 13.8 Å². The third-order valence-corrected chi connectivity index (χ3v) is 3.50. The van der Waals surface area contributed by atoms with Crippen LogP contribution in [0.15, 0.2) is 0 Å². The third-order valence-electron chi connectivity index (χ3n) is 3.50. The van der Waals surface area contributed by atoms with Gasteiger partial charge in [-0.25, -0.2) is 0 Å². The van der Waals surface area contributed by atoms with E-state index in [-0.39, 0.29) is 6.04 Å². The largest absolute Gasteiger partial charge is 0.343 e. The lowest BCUT2D eigenvalue weighted by Gasteiger charge is -2.48. The van der Waals surface area contributed by atoms with E-state index >= 15 is 0 Å². The van der Waals surface area contributed by atoms with Crippen LogP contribution < -0.4 is 5.32 Å². The number of rotatable bonds is 1. The van der Waals surface area contributed by atoms with Gasteiger partial charge < -0.3 is 10.2 Å². The number of piperazine rings is 2. The molecular formula is C11H21N3O. The van der Waals surface area contributed by atoms with Crippen molar-refractivity contribution in [2.75, 3.05) is 33.2 Å². The van der Waals surface area contributed by atoms with E-state index < -0.39 is 0 Å². The normalized spacial score (nSPS) is 33.3. The standard InChI is InChI=1S/C11H21N3O/c1-8(2)10-11(15)13(3)7-9-6-12-4-5-14(9)10/h8-10,12H,4-7H2,1-3H3. The summed E-state index contributed by atoms with van der Waals surface area (Å²) in [5.41, 5.74) is 0. The molecule has 2 rings (SSSR count). The Morgan fingerprint density at radius 2 is 2.20 bits per heavy atom. The number of hydrogen-bond donors (Lipinski definition) is 1. The van der Waals surface area contributed by atoms with E-state index in [1.54, 1.807) is 0 Å². The van der Waals surface area contributed by atoms with Gasteiger partial charge in [-0.15, -0.1) is 0 Å².